The SMILES string of the molecule is CN=C(NCCc1nc(C(C)(C)C)cs1)NCc1ccc(F)cc1.I. The quantitative estimate of drug-likeness (QED) is 0.388. The van der Waals surface area contributed by atoms with Gasteiger partial charge in [-0.25, -0.2) is 9.37 Å². The highest BCUT2D eigenvalue weighted by Gasteiger charge is 2.17. The molecule has 0 aliphatic heterocycles. The largest absolute Gasteiger partial charge is 0.356 e. The number of nitrogens with zero attached hydrogens (tertiary/aromatic N) is 2. The Morgan fingerprint density at radius 1 is 1.20 bits per heavy atom. The summed E-state index contributed by atoms with van der Waals surface area (Å²) < 4.78 is 12.9. The first-order valence-corrected chi connectivity index (χ1v) is 8.90. The second kappa shape index (κ2) is 10.1. The summed E-state index contributed by atoms with van der Waals surface area (Å²) in [6, 6.07) is 6.45. The highest BCUT2D eigenvalue weighted by atomic mass is 127. The second-order valence-electron chi connectivity index (χ2n) is 6.61. The minimum absolute atomic E-state index is 0. The van der Waals surface area contributed by atoms with Gasteiger partial charge in [-0.15, -0.1) is 35.3 Å². The highest BCUT2D eigenvalue weighted by Crippen LogP contribution is 2.23. The highest BCUT2D eigenvalue weighted by molar-refractivity contribution is 14.0. The average Bonchev–Trinajstić information content (AvgIpc) is 3.01. The molecule has 7 heteroatoms. The lowest BCUT2D eigenvalue weighted by Gasteiger charge is -2.14. The van der Waals surface area contributed by atoms with Crippen LogP contribution in [0.25, 0.3) is 0 Å². The smallest absolute Gasteiger partial charge is 0.191 e. The van der Waals surface area contributed by atoms with Crippen molar-refractivity contribution in [3.05, 3.63) is 51.7 Å². The molecule has 0 unspecified atom stereocenters. The van der Waals surface area contributed by atoms with Crippen LogP contribution in [0.2, 0.25) is 0 Å². The lowest BCUT2D eigenvalue weighted by Crippen LogP contribution is -2.37. The standard InChI is InChI=1S/C18H25FN4S.HI/c1-18(2,3)15-12-24-16(23-15)9-10-21-17(20-4)22-11-13-5-7-14(19)8-6-13;/h5-8,12H,9-11H2,1-4H3,(H2,20,21,22);1H. The fourth-order valence-electron chi connectivity index (χ4n) is 2.07. The van der Waals surface area contributed by atoms with Gasteiger partial charge in [-0.05, 0) is 17.7 Å². The predicted octanol–water partition coefficient (Wildman–Crippen LogP) is 4.11. The molecule has 1 aromatic heterocycles. The van der Waals surface area contributed by atoms with E-state index in [-0.39, 0.29) is 35.2 Å². The molecular formula is C18H26FIN4S. The van der Waals surface area contributed by atoms with Gasteiger partial charge in [0.2, 0.25) is 0 Å². The molecular weight excluding hydrogens is 450 g/mol. The minimum Gasteiger partial charge on any atom is -0.356 e. The monoisotopic (exact) mass is 476 g/mol. The summed E-state index contributed by atoms with van der Waals surface area (Å²) in [5, 5.41) is 9.76. The molecule has 1 heterocycles. The summed E-state index contributed by atoms with van der Waals surface area (Å²) in [6.07, 6.45) is 0.859. The van der Waals surface area contributed by atoms with Crippen LogP contribution in [0.4, 0.5) is 4.39 Å². The molecule has 0 fully saturated rings. The Morgan fingerprint density at radius 2 is 1.88 bits per heavy atom. The number of benzene rings is 1. The molecule has 25 heavy (non-hydrogen) atoms. The molecule has 2 rings (SSSR count). The third-order valence-electron chi connectivity index (χ3n) is 3.55. The van der Waals surface area contributed by atoms with E-state index >= 15 is 0 Å². The van der Waals surface area contributed by atoms with E-state index in [9.17, 15) is 4.39 Å². The fourth-order valence-corrected chi connectivity index (χ4v) is 3.09. The van der Waals surface area contributed by atoms with Crippen LogP contribution in [-0.2, 0) is 18.4 Å². The van der Waals surface area contributed by atoms with E-state index < -0.39 is 0 Å². The number of hydrogen-bond donors (Lipinski definition) is 2. The zero-order valence-corrected chi connectivity index (χ0v) is 18.2. The number of nitrogens with one attached hydrogen (secondary N) is 2. The van der Waals surface area contributed by atoms with Crippen molar-refractivity contribution in [1.82, 2.24) is 15.6 Å². The lowest BCUT2D eigenvalue weighted by molar-refractivity contribution is 0.570. The third kappa shape index (κ3) is 7.27. The lowest BCUT2D eigenvalue weighted by atomic mass is 9.93. The van der Waals surface area contributed by atoms with Gasteiger partial charge < -0.3 is 10.6 Å². The maximum atomic E-state index is 12.9. The molecule has 2 N–H and O–H groups in total. The van der Waals surface area contributed by atoms with Gasteiger partial charge in [0.05, 0.1) is 10.7 Å². The van der Waals surface area contributed by atoms with Gasteiger partial charge >= 0.3 is 0 Å². The van der Waals surface area contributed by atoms with Crippen LogP contribution >= 0.6 is 35.3 Å². The number of guanidine groups is 1. The minimum atomic E-state index is -0.223. The fraction of sp³-hybridized carbons (Fsp3) is 0.444. The molecule has 0 aliphatic carbocycles. The molecule has 1 aromatic carbocycles. The van der Waals surface area contributed by atoms with Crippen molar-refractivity contribution in [2.75, 3.05) is 13.6 Å². The average molecular weight is 476 g/mol. The third-order valence-corrected chi connectivity index (χ3v) is 4.46. The number of aliphatic imine (C=N–C) groups is 1. The molecule has 0 amide bonds. The van der Waals surface area contributed by atoms with E-state index in [0.29, 0.717) is 6.54 Å². The summed E-state index contributed by atoms with van der Waals surface area (Å²) in [4.78, 5) is 8.89. The van der Waals surface area contributed by atoms with E-state index in [1.54, 1.807) is 30.5 Å². The number of thiazole rings is 1. The van der Waals surface area contributed by atoms with Crippen molar-refractivity contribution >= 4 is 41.3 Å². The van der Waals surface area contributed by atoms with Crippen LogP contribution in [0.1, 0.15) is 37.0 Å². The van der Waals surface area contributed by atoms with E-state index in [2.05, 4.69) is 46.8 Å². The van der Waals surface area contributed by atoms with Gasteiger partial charge in [-0.2, -0.15) is 0 Å². The molecule has 0 atom stereocenters. The summed E-state index contributed by atoms with van der Waals surface area (Å²) in [5.41, 5.74) is 2.24. The zero-order chi connectivity index (χ0) is 17.6. The Hall–Kier alpha value is -1.22. The van der Waals surface area contributed by atoms with Gasteiger partial charge in [0.15, 0.2) is 5.96 Å². The Morgan fingerprint density at radius 3 is 2.44 bits per heavy atom. The van der Waals surface area contributed by atoms with Crippen LogP contribution in [0.5, 0.6) is 0 Å². The van der Waals surface area contributed by atoms with Crippen LogP contribution in [0.3, 0.4) is 0 Å². The van der Waals surface area contributed by atoms with Gasteiger partial charge in [0.1, 0.15) is 5.82 Å². The number of rotatable bonds is 5. The molecule has 4 nitrogen and oxygen atoms in total. The maximum absolute atomic E-state index is 12.9. The van der Waals surface area contributed by atoms with Crippen molar-refractivity contribution in [3.8, 4) is 0 Å². The van der Waals surface area contributed by atoms with Crippen LogP contribution in [0, 0.1) is 5.82 Å². The molecule has 0 bridgehead atoms. The summed E-state index contributed by atoms with van der Waals surface area (Å²) in [6.45, 7) is 7.88. The first kappa shape index (κ1) is 21.8. The van der Waals surface area contributed by atoms with Gasteiger partial charge in [0.25, 0.3) is 0 Å². The van der Waals surface area contributed by atoms with Gasteiger partial charge in [0, 0.05) is 37.4 Å². The molecule has 0 saturated heterocycles. The Kier molecular flexibility index (Phi) is 8.78. The van der Waals surface area contributed by atoms with E-state index in [1.165, 1.54) is 12.1 Å². The molecule has 0 spiro atoms. The molecule has 0 radical (unpaired) electrons. The normalized spacial score (nSPS) is 11.8. The van der Waals surface area contributed by atoms with E-state index in [1.807, 2.05) is 0 Å². The zero-order valence-electron chi connectivity index (χ0n) is 15.1. The maximum Gasteiger partial charge on any atom is 0.191 e. The molecule has 0 saturated carbocycles. The predicted molar refractivity (Wildman–Crippen MR) is 115 cm³/mol. The first-order valence-electron chi connectivity index (χ1n) is 8.02. The molecule has 2 aromatic rings. The number of aromatic nitrogens is 1. The summed E-state index contributed by atoms with van der Waals surface area (Å²) in [5.74, 6) is 0.506. The van der Waals surface area contributed by atoms with Gasteiger partial charge in [-0.1, -0.05) is 32.9 Å². The summed E-state index contributed by atoms with van der Waals surface area (Å²) in [7, 11) is 1.74. The van der Waals surface area contributed by atoms with Crippen LogP contribution < -0.4 is 10.6 Å². The van der Waals surface area contributed by atoms with E-state index in [0.717, 1.165) is 35.2 Å². The molecule has 0 aliphatic rings. The topological polar surface area (TPSA) is 49.3 Å². The number of hydrogen-bond acceptors (Lipinski definition) is 3. The van der Waals surface area contributed by atoms with Crippen molar-refractivity contribution in [3.63, 3.8) is 0 Å². The van der Waals surface area contributed by atoms with E-state index in [4.69, 9.17) is 0 Å². The summed E-state index contributed by atoms with van der Waals surface area (Å²) >= 11 is 1.70. The Bertz CT molecular complexity index is 677. The Balaban J connectivity index is 0.00000312. The first-order chi connectivity index (χ1) is 11.4. The second-order valence-corrected chi connectivity index (χ2v) is 7.55. The molecule has 138 valence electrons. The Labute approximate surface area is 170 Å². The van der Waals surface area contributed by atoms with Crippen molar-refractivity contribution < 1.29 is 4.39 Å². The van der Waals surface area contributed by atoms with Crippen molar-refractivity contribution in [2.45, 2.75) is 39.2 Å². The van der Waals surface area contributed by atoms with Crippen LogP contribution in [-0.4, -0.2) is 24.5 Å². The number of halogens is 2. The van der Waals surface area contributed by atoms with Crippen molar-refractivity contribution in [1.29, 1.82) is 0 Å². The van der Waals surface area contributed by atoms with Crippen molar-refractivity contribution in [2.24, 2.45) is 4.99 Å². The van der Waals surface area contributed by atoms with Gasteiger partial charge in [-0.3, -0.25) is 4.99 Å². The van der Waals surface area contributed by atoms with Crippen LogP contribution in [0.15, 0.2) is 34.6 Å².